The average Bonchev–Trinajstić information content (AvgIpc) is 3.00. The van der Waals surface area contributed by atoms with Crippen LogP contribution in [0.5, 0.6) is 0 Å². The maximum Gasteiger partial charge on any atom is 0.282 e. The van der Waals surface area contributed by atoms with E-state index in [0.29, 0.717) is 31.1 Å². The molecule has 0 spiro atoms. The summed E-state index contributed by atoms with van der Waals surface area (Å²) in [6.07, 6.45) is 0. The molecule has 31 heavy (non-hydrogen) atoms. The van der Waals surface area contributed by atoms with Crippen LogP contribution in [0.4, 0.5) is 20.2 Å². The summed E-state index contributed by atoms with van der Waals surface area (Å²) in [6.45, 7) is 2.21. The molecule has 160 valence electrons. The quantitative estimate of drug-likeness (QED) is 0.422. The van der Waals surface area contributed by atoms with Gasteiger partial charge in [-0.05, 0) is 36.9 Å². The lowest BCUT2D eigenvalue weighted by atomic mass is 10.0. The summed E-state index contributed by atoms with van der Waals surface area (Å²) in [7, 11) is 1.93. The number of hydrogen-bond acceptors (Lipinski definition) is 6. The third-order valence-corrected chi connectivity index (χ3v) is 5.39. The number of carbonyl (C=O) groups is 2. The summed E-state index contributed by atoms with van der Waals surface area (Å²) in [6, 6.07) is 7.76. The van der Waals surface area contributed by atoms with E-state index in [0.717, 1.165) is 18.2 Å². The number of hydrogen-bond donors (Lipinski definition) is 0. The van der Waals surface area contributed by atoms with Gasteiger partial charge in [0.15, 0.2) is 0 Å². The molecule has 2 aromatic carbocycles. The second-order valence-corrected chi connectivity index (χ2v) is 7.36. The van der Waals surface area contributed by atoms with Gasteiger partial charge in [-0.15, -0.1) is 0 Å². The normalized spacial score (nSPS) is 17.6. The molecule has 2 aromatic rings. The number of rotatable bonds is 4. The molecule has 4 rings (SSSR count). The molecular weight excluding hydrogens is 410 g/mol. The number of anilines is 1. The molecular formula is C21H18F2N4O4. The van der Waals surface area contributed by atoms with Crippen LogP contribution in [-0.2, 0) is 9.59 Å². The Morgan fingerprint density at radius 1 is 0.935 bits per heavy atom. The van der Waals surface area contributed by atoms with E-state index < -0.39 is 34.1 Å². The highest BCUT2D eigenvalue weighted by atomic mass is 19.1. The van der Waals surface area contributed by atoms with E-state index in [1.165, 1.54) is 24.3 Å². The van der Waals surface area contributed by atoms with Crippen molar-refractivity contribution in [1.29, 1.82) is 0 Å². The molecule has 0 aromatic heterocycles. The Morgan fingerprint density at radius 3 is 2.19 bits per heavy atom. The molecule has 0 radical (unpaired) electrons. The fourth-order valence-electron chi connectivity index (χ4n) is 3.73. The minimum absolute atomic E-state index is 0.00751. The van der Waals surface area contributed by atoms with Crippen molar-refractivity contribution in [3.05, 3.63) is 75.5 Å². The second kappa shape index (κ2) is 7.88. The summed E-state index contributed by atoms with van der Waals surface area (Å²) < 4.78 is 28.2. The Labute approximate surface area is 176 Å². The number of nitro groups is 1. The monoisotopic (exact) mass is 428 g/mol. The molecule has 2 amide bonds. The van der Waals surface area contributed by atoms with Gasteiger partial charge < -0.3 is 9.80 Å². The number of non-ortho nitro benzene ring substituents is 1. The summed E-state index contributed by atoms with van der Waals surface area (Å²) in [4.78, 5) is 41.5. The lowest BCUT2D eigenvalue weighted by Crippen LogP contribution is -2.46. The van der Waals surface area contributed by atoms with Gasteiger partial charge in [0.05, 0.1) is 16.2 Å². The van der Waals surface area contributed by atoms with E-state index in [4.69, 9.17) is 0 Å². The average molecular weight is 428 g/mol. The van der Waals surface area contributed by atoms with Crippen LogP contribution in [0.15, 0.2) is 48.2 Å². The number of nitro benzene ring substituents is 1. The number of piperazine rings is 1. The van der Waals surface area contributed by atoms with Gasteiger partial charge >= 0.3 is 0 Å². The lowest BCUT2D eigenvalue weighted by molar-refractivity contribution is -0.384. The van der Waals surface area contributed by atoms with Crippen LogP contribution in [0.3, 0.4) is 0 Å². The summed E-state index contributed by atoms with van der Waals surface area (Å²) >= 11 is 0. The molecule has 2 aliphatic heterocycles. The van der Waals surface area contributed by atoms with Gasteiger partial charge in [0.2, 0.25) is 0 Å². The van der Waals surface area contributed by atoms with Gasteiger partial charge in [-0.2, -0.15) is 0 Å². The molecule has 1 fully saturated rings. The molecule has 2 heterocycles. The number of carbonyl (C=O) groups excluding carboxylic acids is 2. The fraction of sp³-hybridized carbons (Fsp3) is 0.238. The Balaban J connectivity index is 1.83. The van der Waals surface area contributed by atoms with Gasteiger partial charge in [-0.1, -0.05) is 0 Å². The van der Waals surface area contributed by atoms with E-state index in [2.05, 4.69) is 4.90 Å². The SMILES string of the molecule is CN1CCN(C2=C(c3ccc([N+](=O)[O-])cc3)C(=O)N(c3cc(F)ccc3F)C2=O)CC1. The first kappa shape index (κ1) is 20.6. The van der Waals surface area contributed by atoms with Crippen LogP contribution in [0, 0.1) is 21.7 Å². The lowest BCUT2D eigenvalue weighted by Gasteiger charge is -2.34. The highest BCUT2D eigenvalue weighted by molar-refractivity contribution is 6.45. The van der Waals surface area contributed by atoms with Crippen molar-refractivity contribution < 1.29 is 23.3 Å². The molecule has 0 saturated carbocycles. The molecule has 10 heteroatoms. The third kappa shape index (κ3) is 3.66. The Bertz CT molecular complexity index is 1110. The molecule has 1 saturated heterocycles. The Hall–Kier alpha value is -3.66. The number of likely N-dealkylation sites (N-methyl/N-ethyl adjacent to an activating group) is 1. The Morgan fingerprint density at radius 2 is 1.58 bits per heavy atom. The zero-order valence-electron chi connectivity index (χ0n) is 16.5. The highest BCUT2D eigenvalue weighted by Crippen LogP contribution is 2.36. The van der Waals surface area contributed by atoms with Crippen LogP contribution < -0.4 is 4.90 Å². The molecule has 0 unspecified atom stereocenters. The topological polar surface area (TPSA) is 87.0 Å². The first-order valence-electron chi connectivity index (χ1n) is 9.54. The molecule has 0 atom stereocenters. The Kier molecular flexibility index (Phi) is 5.24. The van der Waals surface area contributed by atoms with Crippen LogP contribution in [0.2, 0.25) is 0 Å². The molecule has 0 aliphatic carbocycles. The number of imide groups is 1. The van der Waals surface area contributed by atoms with E-state index in [-0.39, 0.29) is 22.5 Å². The van der Waals surface area contributed by atoms with Gasteiger partial charge in [0.1, 0.15) is 17.3 Å². The largest absolute Gasteiger partial charge is 0.364 e. The molecule has 8 nitrogen and oxygen atoms in total. The van der Waals surface area contributed by atoms with Crippen LogP contribution in [0.1, 0.15) is 5.56 Å². The maximum atomic E-state index is 14.4. The third-order valence-electron chi connectivity index (χ3n) is 5.39. The number of halogens is 2. The number of nitrogens with zero attached hydrogens (tertiary/aromatic N) is 4. The summed E-state index contributed by atoms with van der Waals surface area (Å²) in [5.41, 5.74) is -0.269. The molecule has 0 N–H and O–H groups in total. The van der Waals surface area contributed by atoms with Gasteiger partial charge in [-0.3, -0.25) is 19.7 Å². The van der Waals surface area contributed by atoms with Gasteiger partial charge in [0, 0.05) is 44.4 Å². The van der Waals surface area contributed by atoms with Crippen molar-refractivity contribution >= 4 is 28.8 Å². The summed E-state index contributed by atoms with van der Waals surface area (Å²) in [5, 5.41) is 11.0. The zero-order valence-corrected chi connectivity index (χ0v) is 16.5. The first-order chi connectivity index (χ1) is 14.8. The van der Waals surface area contributed by atoms with Crippen LogP contribution >= 0.6 is 0 Å². The van der Waals surface area contributed by atoms with Crippen molar-refractivity contribution in [1.82, 2.24) is 9.80 Å². The predicted molar refractivity (Wildman–Crippen MR) is 108 cm³/mol. The minimum Gasteiger partial charge on any atom is -0.364 e. The minimum atomic E-state index is -0.911. The van der Waals surface area contributed by atoms with Crippen LogP contribution in [-0.4, -0.2) is 59.8 Å². The smallest absolute Gasteiger partial charge is 0.282 e. The van der Waals surface area contributed by atoms with Crippen molar-refractivity contribution in [3.63, 3.8) is 0 Å². The number of benzene rings is 2. The van der Waals surface area contributed by atoms with Gasteiger partial charge in [-0.25, -0.2) is 13.7 Å². The summed E-state index contributed by atoms with van der Waals surface area (Å²) in [5.74, 6) is -3.27. The van der Waals surface area contributed by atoms with E-state index in [9.17, 15) is 28.5 Å². The highest BCUT2D eigenvalue weighted by Gasteiger charge is 2.44. The van der Waals surface area contributed by atoms with Crippen molar-refractivity contribution in [3.8, 4) is 0 Å². The second-order valence-electron chi connectivity index (χ2n) is 7.36. The first-order valence-corrected chi connectivity index (χ1v) is 9.54. The van der Waals surface area contributed by atoms with Crippen LogP contribution in [0.25, 0.3) is 5.57 Å². The van der Waals surface area contributed by atoms with E-state index in [1.807, 2.05) is 7.05 Å². The van der Waals surface area contributed by atoms with Crippen molar-refractivity contribution in [2.75, 3.05) is 38.1 Å². The predicted octanol–water partition coefficient (Wildman–Crippen LogP) is 2.40. The van der Waals surface area contributed by atoms with E-state index in [1.54, 1.807) is 4.90 Å². The van der Waals surface area contributed by atoms with Crippen molar-refractivity contribution in [2.45, 2.75) is 0 Å². The van der Waals surface area contributed by atoms with Gasteiger partial charge in [0.25, 0.3) is 17.5 Å². The fourth-order valence-corrected chi connectivity index (χ4v) is 3.73. The number of amides is 2. The standard InChI is InChI=1S/C21H18F2N4O4/c1-24-8-10-25(11-9-24)19-18(13-2-5-15(6-3-13)27(30)31)20(28)26(21(19)29)17-12-14(22)4-7-16(17)23/h2-7,12H,8-11H2,1H3. The zero-order chi connectivity index (χ0) is 22.3. The maximum absolute atomic E-state index is 14.4. The molecule has 0 bridgehead atoms. The van der Waals surface area contributed by atoms with Crippen molar-refractivity contribution in [2.24, 2.45) is 0 Å². The molecule has 2 aliphatic rings. The van der Waals surface area contributed by atoms with E-state index >= 15 is 0 Å².